The van der Waals surface area contributed by atoms with Gasteiger partial charge >= 0.3 is 0 Å². The number of pyridine rings is 1. The monoisotopic (exact) mass is 442 g/mol. The third-order valence-electron chi connectivity index (χ3n) is 5.35. The van der Waals surface area contributed by atoms with Crippen LogP contribution in [0.2, 0.25) is 0 Å². The first-order chi connectivity index (χ1) is 15.3. The van der Waals surface area contributed by atoms with E-state index in [1.165, 1.54) is 25.8 Å². The van der Waals surface area contributed by atoms with E-state index in [0.29, 0.717) is 16.5 Å². The van der Waals surface area contributed by atoms with Gasteiger partial charge in [0.05, 0.1) is 26.3 Å². The van der Waals surface area contributed by atoms with Gasteiger partial charge in [0.15, 0.2) is 17.3 Å². The Labute approximate surface area is 184 Å². The molecule has 0 saturated carbocycles. The van der Waals surface area contributed by atoms with Crippen LogP contribution in [0.1, 0.15) is 28.4 Å². The van der Waals surface area contributed by atoms with Crippen molar-refractivity contribution in [1.29, 1.82) is 0 Å². The first-order valence-corrected chi connectivity index (χ1v) is 9.97. The van der Waals surface area contributed by atoms with Crippen LogP contribution in [0.4, 0.5) is 0 Å². The number of hydrogen-bond acceptors (Lipinski definition) is 8. The van der Waals surface area contributed by atoms with Crippen LogP contribution in [0.3, 0.4) is 0 Å². The maximum absolute atomic E-state index is 13.2. The number of para-hydroxylation sites is 1. The number of Topliss-reactive ketones (excluding diaryl/α,β-unsaturated/α-hetero) is 1. The number of nitrogens with one attached hydrogen (secondary N) is 1. The van der Waals surface area contributed by atoms with Crippen molar-refractivity contribution in [3.63, 3.8) is 0 Å². The zero-order valence-corrected chi connectivity index (χ0v) is 18.1. The number of phenols is 1. The van der Waals surface area contributed by atoms with Crippen LogP contribution in [0.15, 0.2) is 41.2 Å². The Kier molecular flexibility index (Phi) is 7.01. The van der Waals surface area contributed by atoms with Crippen molar-refractivity contribution in [2.75, 3.05) is 27.4 Å². The molecule has 3 aromatic rings. The lowest BCUT2D eigenvalue weighted by Crippen LogP contribution is -2.30. The molecule has 1 aromatic heterocycles. The number of carbonyl (C=O) groups excluding carboxylic acids is 1. The predicted octanol–water partition coefficient (Wildman–Crippen LogP) is 1.86. The Morgan fingerprint density at radius 3 is 2.31 bits per heavy atom. The van der Waals surface area contributed by atoms with Crippen LogP contribution in [-0.4, -0.2) is 53.0 Å². The first kappa shape index (κ1) is 23.1. The van der Waals surface area contributed by atoms with E-state index in [4.69, 9.17) is 9.47 Å². The van der Waals surface area contributed by atoms with Gasteiger partial charge < -0.3 is 34.7 Å². The molecule has 0 aliphatic rings. The van der Waals surface area contributed by atoms with Crippen molar-refractivity contribution in [3.8, 4) is 23.0 Å². The number of aliphatic hydroxyl groups is 1. The summed E-state index contributed by atoms with van der Waals surface area (Å²) in [5, 5.41) is 33.6. The van der Waals surface area contributed by atoms with E-state index in [1.54, 1.807) is 36.4 Å². The molecule has 170 valence electrons. The minimum absolute atomic E-state index is 0.145. The molecule has 3 rings (SSSR count). The molecule has 9 heteroatoms. The van der Waals surface area contributed by atoms with E-state index in [0.717, 1.165) is 0 Å². The second-order valence-corrected chi connectivity index (χ2v) is 7.24. The Morgan fingerprint density at radius 2 is 1.72 bits per heavy atom. The maximum atomic E-state index is 13.2. The fourth-order valence-electron chi connectivity index (χ4n) is 3.68. The zero-order valence-electron chi connectivity index (χ0n) is 18.1. The molecule has 0 aliphatic carbocycles. The van der Waals surface area contributed by atoms with Gasteiger partial charge in [-0.1, -0.05) is 12.1 Å². The van der Waals surface area contributed by atoms with Crippen molar-refractivity contribution in [2.24, 2.45) is 7.05 Å². The smallest absolute Gasteiger partial charge is 0.265 e. The van der Waals surface area contributed by atoms with Gasteiger partial charge in [-0.15, -0.1) is 0 Å². The van der Waals surface area contributed by atoms with Crippen LogP contribution in [0.5, 0.6) is 23.0 Å². The van der Waals surface area contributed by atoms with Gasteiger partial charge in [0.1, 0.15) is 11.3 Å². The number of benzene rings is 2. The van der Waals surface area contributed by atoms with E-state index < -0.39 is 17.4 Å². The van der Waals surface area contributed by atoms with Gasteiger partial charge in [-0.3, -0.25) is 9.59 Å². The predicted molar refractivity (Wildman–Crippen MR) is 119 cm³/mol. The van der Waals surface area contributed by atoms with Gasteiger partial charge in [-0.05, 0) is 29.8 Å². The maximum Gasteiger partial charge on any atom is 0.265 e. The van der Waals surface area contributed by atoms with Crippen LogP contribution >= 0.6 is 0 Å². The van der Waals surface area contributed by atoms with Crippen molar-refractivity contribution >= 4 is 16.7 Å². The average molecular weight is 442 g/mol. The standard InChI is InChI=1S/C23H26N2O7/c1-25-16-7-5-4-6-14(16)21(28)20(23(25)30)17(27)12-15(24-8-9-26)13-10-18(31-2)22(29)19(11-13)32-3/h4-7,10-11,15,24,26,28-29H,8-9,12H2,1-3H3. The molecule has 0 fully saturated rings. The number of aliphatic hydroxyl groups excluding tert-OH is 1. The molecule has 9 nitrogen and oxygen atoms in total. The lowest BCUT2D eigenvalue weighted by Gasteiger charge is -2.21. The molecule has 2 aromatic carbocycles. The van der Waals surface area contributed by atoms with Crippen LogP contribution in [0.25, 0.3) is 10.9 Å². The summed E-state index contributed by atoms with van der Waals surface area (Å²) in [7, 11) is 4.31. The molecular weight excluding hydrogens is 416 g/mol. The number of hydrogen-bond donors (Lipinski definition) is 4. The number of fused-ring (bicyclic) bond motifs is 1. The molecule has 1 atom stereocenters. The molecule has 0 spiro atoms. The third-order valence-corrected chi connectivity index (χ3v) is 5.35. The van der Waals surface area contributed by atoms with Gasteiger partial charge in [0.2, 0.25) is 5.75 Å². The molecule has 1 unspecified atom stereocenters. The Hall–Kier alpha value is -3.56. The van der Waals surface area contributed by atoms with Crippen molar-refractivity contribution < 1.29 is 29.6 Å². The number of phenolic OH excluding ortho intramolecular Hbond substituents is 1. The average Bonchev–Trinajstić information content (AvgIpc) is 2.80. The molecular formula is C23H26N2O7. The quantitative estimate of drug-likeness (QED) is 0.370. The molecule has 0 amide bonds. The fourth-order valence-corrected chi connectivity index (χ4v) is 3.68. The summed E-state index contributed by atoms with van der Waals surface area (Å²) in [6.07, 6.45) is -0.196. The summed E-state index contributed by atoms with van der Waals surface area (Å²) in [5.74, 6) is -0.836. The molecule has 0 aliphatic heterocycles. The topological polar surface area (TPSA) is 130 Å². The summed E-state index contributed by atoms with van der Waals surface area (Å²) in [6, 6.07) is 9.19. The minimum atomic E-state index is -0.659. The van der Waals surface area contributed by atoms with E-state index in [1.807, 2.05) is 0 Å². The van der Waals surface area contributed by atoms with Gasteiger partial charge in [-0.2, -0.15) is 0 Å². The van der Waals surface area contributed by atoms with Crippen LogP contribution in [0, 0.1) is 0 Å². The van der Waals surface area contributed by atoms with Crippen molar-refractivity contribution in [2.45, 2.75) is 12.5 Å². The number of ketones is 1. The van der Waals surface area contributed by atoms with Gasteiger partial charge in [0.25, 0.3) is 5.56 Å². The van der Waals surface area contributed by atoms with Gasteiger partial charge in [-0.25, -0.2) is 0 Å². The number of aromatic hydroxyl groups is 2. The molecule has 32 heavy (non-hydrogen) atoms. The number of rotatable bonds is 9. The third kappa shape index (κ3) is 4.25. The largest absolute Gasteiger partial charge is 0.506 e. The Bertz CT molecular complexity index is 1180. The highest BCUT2D eigenvalue weighted by molar-refractivity contribution is 6.03. The minimum Gasteiger partial charge on any atom is -0.506 e. The number of aryl methyl sites for hydroxylation is 1. The summed E-state index contributed by atoms with van der Waals surface area (Å²) in [4.78, 5) is 26.1. The Morgan fingerprint density at radius 1 is 1.09 bits per heavy atom. The molecule has 0 bridgehead atoms. The highest BCUT2D eigenvalue weighted by Crippen LogP contribution is 2.39. The van der Waals surface area contributed by atoms with Crippen molar-refractivity contribution in [3.05, 3.63) is 57.9 Å². The van der Waals surface area contributed by atoms with E-state index in [-0.39, 0.29) is 48.1 Å². The highest BCUT2D eigenvalue weighted by atomic mass is 16.5. The number of nitrogens with zero attached hydrogens (tertiary/aromatic N) is 1. The summed E-state index contributed by atoms with van der Waals surface area (Å²) in [5.41, 5.74) is 0.137. The normalized spacial score (nSPS) is 12.0. The molecule has 0 radical (unpaired) electrons. The number of ether oxygens (including phenoxy) is 2. The number of aromatic nitrogens is 1. The van der Waals surface area contributed by atoms with E-state index in [2.05, 4.69) is 5.32 Å². The van der Waals surface area contributed by atoms with Gasteiger partial charge in [0, 0.05) is 31.4 Å². The summed E-state index contributed by atoms with van der Waals surface area (Å²) in [6.45, 7) is -0.00873. The Balaban J connectivity index is 2.06. The number of carbonyl (C=O) groups is 1. The van der Waals surface area contributed by atoms with Crippen LogP contribution < -0.4 is 20.3 Å². The van der Waals surface area contributed by atoms with E-state index >= 15 is 0 Å². The first-order valence-electron chi connectivity index (χ1n) is 9.97. The second-order valence-electron chi connectivity index (χ2n) is 7.24. The molecule has 0 saturated heterocycles. The summed E-state index contributed by atoms with van der Waals surface area (Å²) < 4.78 is 11.7. The molecule has 1 heterocycles. The lowest BCUT2D eigenvalue weighted by atomic mass is 9.96. The number of methoxy groups -OCH3 is 2. The van der Waals surface area contributed by atoms with E-state index in [9.17, 15) is 24.9 Å². The highest BCUT2D eigenvalue weighted by Gasteiger charge is 2.26. The van der Waals surface area contributed by atoms with Crippen LogP contribution in [-0.2, 0) is 7.05 Å². The lowest BCUT2D eigenvalue weighted by molar-refractivity contribution is 0.0962. The summed E-state index contributed by atoms with van der Waals surface area (Å²) >= 11 is 0. The molecule has 4 N–H and O–H groups in total. The zero-order chi connectivity index (χ0) is 23.4. The SMILES string of the molecule is COc1cc(C(CC(=O)c2c(O)c3ccccc3n(C)c2=O)NCCO)cc(OC)c1O. The second kappa shape index (κ2) is 9.71. The fraction of sp³-hybridized carbons (Fsp3) is 0.304. The van der Waals surface area contributed by atoms with Crippen molar-refractivity contribution in [1.82, 2.24) is 9.88 Å².